The molecule has 0 rings (SSSR count). The van der Waals surface area contributed by atoms with Gasteiger partial charge >= 0.3 is 0 Å². The molecule has 0 saturated carbocycles. The van der Waals surface area contributed by atoms with Gasteiger partial charge < -0.3 is 5.32 Å². The van der Waals surface area contributed by atoms with Gasteiger partial charge in [-0.05, 0) is 20.8 Å². The molecule has 1 amide bonds. The number of hydrogen-bond acceptors (Lipinski definition) is 3. The van der Waals surface area contributed by atoms with Gasteiger partial charge in [0.15, 0.2) is 0 Å². The molecule has 16 heavy (non-hydrogen) atoms. The number of carbonyl (C=O) groups excluding carboxylic acids is 1. The zero-order chi connectivity index (χ0) is 13.0. The minimum Gasteiger partial charge on any atom is -0.355 e. The molecule has 6 heteroatoms. The topological polar surface area (TPSA) is 66.5 Å². The van der Waals surface area contributed by atoms with Crippen LogP contribution in [0.4, 0.5) is 0 Å². The average Bonchev–Trinajstić information content (AvgIpc) is 2.07. The normalized spacial score (nSPS) is 12.9. The van der Waals surface area contributed by atoms with Crippen LogP contribution in [0.1, 0.15) is 34.1 Å². The minimum absolute atomic E-state index is 0.0673. The van der Waals surface area contributed by atoms with E-state index in [1.165, 1.54) is 10.6 Å². The van der Waals surface area contributed by atoms with Crippen LogP contribution in [-0.2, 0) is 14.8 Å². The first-order valence-corrected chi connectivity index (χ1v) is 7.18. The molecular formula is C10H22N2O3S. The van der Waals surface area contributed by atoms with E-state index in [-0.39, 0.29) is 5.91 Å². The number of sulfonamides is 1. The fourth-order valence-corrected chi connectivity index (χ4v) is 2.84. The van der Waals surface area contributed by atoms with Crippen molar-refractivity contribution in [1.82, 2.24) is 9.62 Å². The lowest BCUT2D eigenvalue weighted by Gasteiger charge is -2.33. The highest BCUT2D eigenvalue weighted by Crippen LogP contribution is 2.16. The highest BCUT2D eigenvalue weighted by Gasteiger charge is 2.28. The van der Waals surface area contributed by atoms with Crippen LogP contribution < -0.4 is 5.32 Å². The number of rotatable bonds is 5. The lowest BCUT2D eigenvalue weighted by Crippen LogP contribution is -2.48. The second-order valence-corrected chi connectivity index (χ2v) is 6.62. The summed E-state index contributed by atoms with van der Waals surface area (Å²) in [6, 6.07) is 0. The van der Waals surface area contributed by atoms with Crippen molar-refractivity contribution in [3.8, 4) is 0 Å². The summed E-state index contributed by atoms with van der Waals surface area (Å²) in [6.45, 7) is 7.89. The lowest BCUT2D eigenvalue weighted by molar-refractivity contribution is -0.120. The Bertz CT molecular complexity index is 330. The van der Waals surface area contributed by atoms with Gasteiger partial charge in [0, 0.05) is 25.0 Å². The molecule has 0 aliphatic carbocycles. The van der Waals surface area contributed by atoms with Crippen molar-refractivity contribution >= 4 is 15.9 Å². The summed E-state index contributed by atoms with van der Waals surface area (Å²) in [6.07, 6.45) is 1.59. The van der Waals surface area contributed by atoms with Crippen LogP contribution in [0.2, 0.25) is 0 Å². The fourth-order valence-electron chi connectivity index (χ4n) is 1.42. The van der Waals surface area contributed by atoms with E-state index in [0.29, 0.717) is 19.5 Å². The summed E-state index contributed by atoms with van der Waals surface area (Å²) in [4.78, 5) is 11.0. The van der Waals surface area contributed by atoms with Gasteiger partial charge in [-0.15, -0.1) is 0 Å². The van der Waals surface area contributed by atoms with E-state index >= 15 is 0 Å². The smallest absolute Gasteiger partial charge is 0.219 e. The molecule has 0 saturated heterocycles. The summed E-state index contributed by atoms with van der Waals surface area (Å²) in [5.41, 5.74) is -0.468. The molecule has 5 nitrogen and oxygen atoms in total. The molecule has 1 N–H and O–H groups in total. The molecule has 0 bridgehead atoms. The van der Waals surface area contributed by atoms with Crippen molar-refractivity contribution in [1.29, 1.82) is 0 Å². The highest BCUT2D eigenvalue weighted by molar-refractivity contribution is 7.88. The quantitative estimate of drug-likeness (QED) is 0.776. The molecule has 0 aromatic rings. The Balaban J connectivity index is 4.44. The van der Waals surface area contributed by atoms with Gasteiger partial charge in [0.25, 0.3) is 0 Å². The van der Waals surface area contributed by atoms with Crippen molar-refractivity contribution in [2.75, 3.05) is 19.3 Å². The predicted molar refractivity (Wildman–Crippen MR) is 64.6 cm³/mol. The molecule has 0 aliphatic rings. The monoisotopic (exact) mass is 250 g/mol. The van der Waals surface area contributed by atoms with Gasteiger partial charge in [0.1, 0.15) is 0 Å². The van der Waals surface area contributed by atoms with Gasteiger partial charge in [-0.25, -0.2) is 8.42 Å². The summed E-state index contributed by atoms with van der Waals surface area (Å²) >= 11 is 0. The molecular weight excluding hydrogens is 228 g/mol. The molecule has 0 aliphatic heterocycles. The van der Waals surface area contributed by atoms with Crippen LogP contribution in [0, 0.1) is 0 Å². The maximum atomic E-state index is 11.5. The Hall–Kier alpha value is -0.620. The van der Waals surface area contributed by atoms with Crippen molar-refractivity contribution in [3.05, 3.63) is 0 Å². The number of carbonyl (C=O) groups is 1. The SMILES string of the molecule is CCC(=O)NCCN(C(C)(C)C)S(C)(=O)=O. The van der Waals surface area contributed by atoms with E-state index in [1.54, 1.807) is 6.92 Å². The van der Waals surface area contributed by atoms with E-state index in [9.17, 15) is 13.2 Å². The zero-order valence-corrected chi connectivity index (χ0v) is 11.5. The first-order valence-electron chi connectivity index (χ1n) is 5.33. The average molecular weight is 250 g/mol. The van der Waals surface area contributed by atoms with Gasteiger partial charge in [-0.1, -0.05) is 6.92 Å². The fraction of sp³-hybridized carbons (Fsp3) is 0.900. The van der Waals surface area contributed by atoms with Crippen LogP contribution in [0.25, 0.3) is 0 Å². The third-order valence-electron chi connectivity index (χ3n) is 2.11. The van der Waals surface area contributed by atoms with E-state index < -0.39 is 15.6 Å². The second-order valence-electron chi connectivity index (χ2n) is 4.71. The Morgan fingerprint density at radius 3 is 2.12 bits per heavy atom. The molecule has 0 unspecified atom stereocenters. The molecule has 0 fully saturated rings. The lowest BCUT2D eigenvalue weighted by atomic mass is 10.1. The molecule has 0 aromatic heterocycles. The van der Waals surface area contributed by atoms with Crippen LogP contribution in [0.15, 0.2) is 0 Å². The number of nitrogens with zero attached hydrogens (tertiary/aromatic N) is 1. The van der Waals surface area contributed by atoms with Crippen LogP contribution in [0.5, 0.6) is 0 Å². The maximum Gasteiger partial charge on any atom is 0.219 e. The van der Waals surface area contributed by atoms with Gasteiger partial charge in [-0.3, -0.25) is 4.79 Å². The van der Waals surface area contributed by atoms with E-state index in [0.717, 1.165) is 0 Å². The minimum atomic E-state index is -3.25. The van der Waals surface area contributed by atoms with Gasteiger partial charge in [0.2, 0.25) is 15.9 Å². The number of amides is 1. The summed E-state index contributed by atoms with van der Waals surface area (Å²) in [5.74, 6) is -0.0673. The summed E-state index contributed by atoms with van der Waals surface area (Å²) < 4.78 is 24.5. The third kappa shape index (κ3) is 5.46. The number of nitrogens with one attached hydrogen (secondary N) is 1. The van der Waals surface area contributed by atoms with E-state index in [4.69, 9.17) is 0 Å². The Morgan fingerprint density at radius 1 is 1.31 bits per heavy atom. The Kier molecular flexibility index (Phi) is 5.41. The van der Waals surface area contributed by atoms with Gasteiger partial charge in [-0.2, -0.15) is 4.31 Å². The molecule has 96 valence electrons. The largest absolute Gasteiger partial charge is 0.355 e. The Morgan fingerprint density at radius 2 is 1.81 bits per heavy atom. The van der Waals surface area contributed by atoms with Crippen molar-refractivity contribution in [3.63, 3.8) is 0 Å². The third-order valence-corrected chi connectivity index (χ3v) is 3.64. The van der Waals surface area contributed by atoms with E-state index in [1.807, 2.05) is 20.8 Å². The van der Waals surface area contributed by atoms with Crippen LogP contribution >= 0.6 is 0 Å². The first kappa shape index (κ1) is 15.4. The molecule has 0 radical (unpaired) electrons. The zero-order valence-electron chi connectivity index (χ0n) is 10.7. The standard InChI is InChI=1S/C10H22N2O3S/c1-6-9(13)11-7-8-12(10(2,3)4)16(5,14)15/h6-8H2,1-5H3,(H,11,13). The van der Waals surface area contributed by atoms with Gasteiger partial charge in [0.05, 0.1) is 6.26 Å². The Labute approximate surface area is 98.3 Å². The van der Waals surface area contributed by atoms with Crippen molar-refractivity contribution in [2.24, 2.45) is 0 Å². The number of hydrogen-bond donors (Lipinski definition) is 1. The van der Waals surface area contributed by atoms with Crippen molar-refractivity contribution < 1.29 is 13.2 Å². The highest BCUT2D eigenvalue weighted by atomic mass is 32.2. The molecule has 0 spiro atoms. The molecule has 0 atom stereocenters. The molecule has 0 aromatic carbocycles. The predicted octanol–water partition coefficient (Wildman–Crippen LogP) is 0.573. The summed E-state index contributed by atoms with van der Waals surface area (Å²) in [5, 5.41) is 2.66. The maximum absolute atomic E-state index is 11.5. The van der Waals surface area contributed by atoms with Crippen LogP contribution in [0.3, 0.4) is 0 Å². The molecule has 0 heterocycles. The van der Waals surface area contributed by atoms with Crippen molar-refractivity contribution in [2.45, 2.75) is 39.7 Å². The first-order chi connectivity index (χ1) is 7.09. The van der Waals surface area contributed by atoms with Crippen LogP contribution in [-0.4, -0.2) is 43.5 Å². The second kappa shape index (κ2) is 5.63. The van der Waals surface area contributed by atoms with E-state index in [2.05, 4.69) is 5.32 Å². The summed E-state index contributed by atoms with van der Waals surface area (Å²) in [7, 11) is -3.25.